The molecule has 2 aromatic carbocycles. The van der Waals surface area contributed by atoms with Crippen LogP contribution in [0.2, 0.25) is 0 Å². The smallest absolute Gasteiger partial charge is 0.344 e. The Kier molecular flexibility index (Phi) is 6.92. The van der Waals surface area contributed by atoms with Crippen LogP contribution in [0.25, 0.3) is 6.08 Å². The van der Waals surface area contributed by atoms with Gasteiger partial charge < -0.3 is 28.4 Å². The summed E-state index contributed by atoms with van der Waals surface area (Å²) in [6.45, 7) is 5.06. The molecule has 0 bridgehead atoms. The molecule has 0 amide bonds. The number of carbonyl (C=O) groups is 2. The predicted octanol–water partition coefficient (Wildman–Crippen LogP) is 3.97. The van der Waals surface area contributed by atoms with E-state index < -0.39 is 5.97 Å². The van der Waals surface area contributed by atoms with E-state index in [9.17, 15) is 9.59 Å². The number of allylic oxidation sites excluding steroid dienone is 1. The number of rotatable bonds is 8. The van der Waals surface area contributed by atoms with Gasteiger partial charge in [-0.2, -0.15) is 0 Å². The van der Waals surface area contributed by atoms with Crippen LogP contribution in [0, 0.1) is 6.92 Å². The van der Waals surface area contributed by atoms with Gasteiger partial charge in [-0.3, -0.25) is 4.79 Å². The number of hydrogen-bond acceptors (Lipinski definition) is 8. The van der Waals surface area contributed by atoms with E-state index >= 15 is 0 Å². The molecule has 2 aromatic rings. The largest absolute Gasteiger partial charge is 0.493 e. The monoisotopic (exact) mass is 442 g/mol. The molecule has 0 atom stereocenters. The molecule has 8 nitrogen and oxygen atoms in total. The molecule has 0 saturated heterocycles. The summed E-state index contributed by atoms with van der Waals surface area (Å²) in [5.41, 5.74) is 1.70. The topological polar surface area (TPSA) is 89.5 Å². The summed E-state index contributed by atoms with van der Waals surface area (Å²) in [5.74, 6) is 1.47. The molecular formula is C24H26O8. The molecule has 0 unspecified atom stereocenters. The van der Waals surface area contributed by atoms with E-state index in [-0.39, 0.29) is 24.3 Å². The zero-order valence-electron chi connectivity index (χ0n) is 18.9. The maximum atomic E-state index is 13.0. The van der Waals surface area contributed by atoms with Crippen molar-refractivity contribution in [2.45, 2.75) is 26.9 Å². The number of ketones is 1. The molecule has 0 N–H and O–H groups in total. The highest BCUT2D eigenvalue weighted by Gasteiger charge is 2.31. The molecule has 0 saturated carbocycles. The molecule has 32 heavy (non-hydrogen) atoms. The van der Waals surface area contributed by atoms with Crippen molar-refractivity contribution in [2.75, 3.05) is 27.9 Å². The van der Waals surface area contributed by atoms with E-state index in [1.807, 2.05) is 0 Å². The van der Waals surface area contributed by atoms with Crippen LogP contribution in [-0.4, -0.2) is 45.8 Å². The van der Waals surface area contributed by atoms with Crippen molar-refractivity contribution < 1.29 is 38.0 Å². The molecule has 170 valence electrons. The number of methoxy groups -OCH3 is 3. The summed E-state index contributed by atoms with van der Waals surface area (Å²) < 4.78 is 32.6. The molecule has 3 rings (SSSR count). The van der Waals surface area contributed by atoms with Crippen LogP contribution in [0.1, 0.15) is 35.3 Å². The normalized spacial score (nSPS) is 13.6. The molecule has 8 heteroatoms. The van der Waals surface area contributed by atoms with Crippen molar-refractivity contribution in [1.82, 2.24) is 0 Å². The van der Waals surface area contributed by atoms with Crippen molar-refractivity contribution in [1.29, 1.82) is 0 Å². The Balaban J connectivity index is 1.89. The van der Waals surface area contributed by atoms with E-state index in [4.69, 9.17) is 28.4 Å². The van der Waals surface area contributed by atoms with Crippen molar-refractivity contribution in [3.8, 4) is 28.7 Å². The summed E-state index contributed by atoms with van der Waals surface area (Å²) in [6, 6.07) is 6.72. The zero-order valence-corrected chi connectivity index (χ0v) is 18.9. The zero-order chi connectivity index (χ0) is 23.4. The van der Waals surface area contributed by atoms with Crippen LogP contribution in [0.15, 0.2) is 30.0 Å². The third-order valence-corrected chi connectivity index (χ3v) is 4.69. The molecule has 1 heterocycles. The summed E-state index contributed by atoms with van der Waals surface area (Å²) in [6.07, 6.45) is 1.36. The van der Waals surface area contributed by atoms with Gasteiger partial charge in [-0.05, 0) is 50.6 Å². The Morgan fingerprint density at radius 2 is 1.78 bits per heavy atom. The van der Waals surface area contributed by atoms with Gasteiger partial charge in [0.05, 0.1) is 33.0 Å². The third-order valence-electron chi connectivity index (χ3n) is 4.69. The number of carbonyl (C=O) groups excluding carboxylic acids is 2. The van der Waals surface area contributed by atoms with Gasteiger partial charge in [0.1, 0.15) is 11.5 Å². The Bertz CT molecular complexity index is 1070. The lowest BCUT2D eigenvalue weighted by atomic mass is 10.0. The van der Waals surface area contributed by atoms with Crippen molar-refractivity contribution in [3.63, 3.8) is 0 Å². The number of esters is 1. The summed E-state index contributed by atoms with van der Waals surface area (Å²) in [5, 5.41) is 0. The second-order valence-corrected chi connectivity index (χ2v) is 7.30. The Morgan fingerprint density at radius 1 is 1.06 bits per heavy atom. The molecule has 0 aliphatic carbocycles. The number of Topliss-reactive ketones (excluding diaryl/α,β-unsaturated/α-hetero) is 1. The van der Waals surface area contributed by atoms with Gasteiger partial charge in [0, 0.05) is 11.6 Å². The van der Waals surface area contributed by atoms with Crippen LogP contribution < -0.4 is 23.7 Å². The molecule has 0 radical (unpaired) electrons. The Hall–Kier alpha value is -3.68. The van der Waals surface area contributed by atoms with Crippen LogP contribution in [0.3, 0.4) is 0 Å². The first kappa shape index (κ1) is 23.0. The fourth-order valence-electron chi connectivity index (χ4n) is 3.38. The lowest BCUT2D eigenvalue weighted by Gasteiger charge is -2.14. The fourth-order valence-corrected chi connectivity index (χ4v) is 3.38. The van der Waals surface area contributed by atoms with Gasteiger partial charge in [0.15, 0.2) is 23.9 Å². The Morgan fingerprint density at radius 3 is 2.41 bits per heavy atom. The minimum absolute atomic E-state index is 0.130. The van der Waals surface area contributed by atoms with Crippen molar-refractivity contribution in [3.05, 3.63) is 46.7 Å². The number of ether oxygens (including phenoxy) is 6. The van der Waals surface area contributed by atoms with Crippen LogP contribution in [-0.2, 0) is 9.53 Å². The number of fused-ring (bicyclic) bond motifs is 1. The van der Waals surface area contributed by atoms with Gasteiger partial charge >= 0.3 is 5.97 Å². The fraction of sp³-hybridized carbons (Fsp3) is 0.333. The summed E-state index contributed by atoms with van der Waals surface area (Å²) in [7, 11) is 4.54. The minimum atomic E-state index is -0.476. The van der Waals surface area contributed by atoms with Gasteiger partial charge in [0.2, 0.25) is 11.5 Å². The standard InChI is InChI=1S/C24H26O8/c1-13(2)31-20(25)12-30-16-9-14(3)21-18(11-16)32-19(22(21)26)10-15-7-8-17(27-4)24(29-6)23(15)28-5/h7-11,13H,12H2,1-6H3/b19-10-. The SMILES string of the molecule is COc1ccc(/C=C2\Oc3cc(OCC(=O)OC(C)C)cc(C)c3C2=O)c(OC)c1OC. The van der Waals surface area contributed by atoms with E-state index in [1.54, 1.807) is 51.1 Å². The molecule has 0 spiro atoms. The van der Waals surface area contributed by atoms with E-state index in [0.29, 0.717) is 45.4 Å². The van der Waals surface area contributed by atoms with Crippen LogP contribution in [0.4, 0.5) is 0 Å². The lowest BCUT2D eigenvalue weighted by molar-refractivity contribution is -0.149. The molecule has 1 aliphatic heterocycles. The quantitative estimate of drug-likeness (QED) is 0.448. The van der Waals surface area contributed by atoms with E-state index in [0.717, 1.165) is 0 Å². The van der Waals surface area contributed by atoms with Gasteiger partial charge in [-0.1, -0.05) is 0 Å². The molecule has 0 fully saturated rings. The first-order valence-corrected chi connectivity index (χ1v) is 9.99. The predicted molar refractivity (Wildman–Crippen MR) is 117 cm³/mol. The van der Waals surface area contributed by atoms with Gasteiger partial charge in [0.25, 0.3) is 0 Å². The van der Waals surface area contributed by atoms with Crippen LogP contribution in [0.5, 0.6) is 28.7 Å². The minimum Gasteiger partial charge on any atom is -0.493 e. The maximum Gasteiger partial charge on any atom is 0.344 e. The van der Waals surface area contributed by atoms with Gasteiger partial charge in [-0.25, -0.2) is 4.79 Å². The number of benzene rings is 2. The van der Waals surface area contributed by atoms with E-state index in [1.165, 1.54) is 21.3 Å². The van der Waals surface area contributed by atoms with Crippen molar-refractivity contribution in [2.24, 2.45) is 0 Å². The summed E-state index contributed by atoms with van der Waals surface area (Å²) >= 11 is 0. The maximum absolute atomic E-state index is 13.0. The number of hydrogen-bond donors (Lipinski definition) is 0. The van der Waals surface area contributed by atoms with Crippen molar-refractivity contribution >= 4 is 17.8 Å². The second kappa shape index (κ2) is 9.64. The molecule has 1 aliphatic rings. The number of aryl methyl sites for hydroxylation is 1. The first-order chi connectivity index (χ1) is 15.3. The molecular weight excluding hydrogens is 416 g/mol. The first-order valence-electron chi connectivity index (χ1n) is 9.99. The highest BCUT2D eigenvalue weighted by atomic mass is 16.6. The lowest BCUT2D eigenvalue weighted by Crippen LogP contribution is -2.18. The average Bonchev–Trinajstić information content (AvgIpc) is 3.06. The summed E-state index contributed by atoms with van der Waals surface area (Å²) in [4.78, 5) is 24.7. The highest BCUT2D eigenvalue weighted by Crippen LogP contribution is 2.42. The Labute approximate surface area is 186 Å². The third kappa shape index (κ3) is 4.64. The molecule has 0 aromatic heterocycles. The second-order valence-electron chi connectivity index (χ2n) is 7.30. The highest BCUT2D eigenvalue weighted by molar-refractivity contribution is 6.15. The van der Waals surface area contributed by atoms with Crippen LogP contribution >= 0.6 is 0 Å². The van der Waals surface area contributed by atoms with E-state index in [2.05, 4.69) is 0 Å². The average molecular weight is 442 g/mol. The van der Waals surface area contributed by atoms with Gasteiger partial charge in [-0.15, -0.1) is 0 Å².